The molecule has 8 nitrogen and oxygen atoms in total. The molecule has 0 spiro atoms. The van der Waals surface area contributed by atoms with Gasteiger partial charge in [0.1, 0.15) is 10.8 Å². The summed E-state index contributed by atoms with van der Waals surface area (Å²) in [6.07, 6.45) is 1.80. The summed E-state index contributed by atoms with van der Waals surface area (Å²) >= 11 is 1.54. The number of hydrogen-bond acceptors (Lipinski definition) is 8. The van der Waals surface area contributed by atoms with E-state index < -0.39 is 0 Å². The van der Waals surface area contributed by atoms with E-state index in [1.165, 1.54) is 11.8 Å². The Hall–Kier alpha value is -3.46. The van der Waals surface area contributed by atoms with E-state index in [1.807, 2.05) is 54.6 Å². The average Bonchev–Trinajstić information content (AvgIpc) is 3.36. The van der Waals surface area contributed by atoms with E-state index in [-0.39, 0.29) is 18.6 Å². The van der Waals surface area contributed by atoms with Crippen LogP contribution in [0.25, 0.3) is 0 Å². The highest BCUT2D eigenvalue weighted by atomic mass is 32.2. The molecule has 1 atom stereocenters. The standard InChI is InChI=1S/C25H26N4O4S/c1-31-19-5-2-6-20(13-19)34-24-10-9-23(27-28-24)29-11-3-4-18(15-29)25(30)26-14-17-7-8-21-22(12-17)33-16-32-21/h2,5-10,12-13,18H,3-4,11,14-16H2,1H3,(H,26,30). The summed E-state index contributed by atoms with van der Waals surface area (Å²) < 4.78 is 16.0. The minimum atomic E-state index is -0.0876. The molecular formula is C25H26N4O4S. The number of anilines is 1. The van der Waals surface area contributed by atoms with E-state index >= 15 is 0 Å². The van der Waals surface area contributed by atoms with E-state index in [2.05, 4.69) is 20.4 Å². The molecule has 1 unspecified atom stereocenters. The maximum atomic E-state index is 12.8. The molecule has 1 amide bonds. The molecule has 0 bridgehead atoms. The second kappa shape index (κ2) is 10.2. The minimum absolute atomic E-state index is 0.0560. The lowest BCUT2D eigenvalue weighted by Crippen LogP contribution is -2.43. The number of carbonyl (C=O) groups excluding carboxylic acids is 1. The first-order valence-electron chi connectivity index (χ1n) is 11.2. The normalized spacial score (nSPS) is 16.9. The Morgan fingerprint density at radius 2 is 2.06 bits per heavy atom. The van der Waals surface area contributed by atoms with Crippen LogP contribution in [0.1, 0.15) is 18.4 Å². The van der Waals surface area contributed by atoms with Gasteiger partial charge in [0.05, 0.1) is 13.0 Å². The summed E-state index contributed by atoms with van der Waals surface area (Å²) in [6.45, 7) is 2.20. The Morgan fingerprint density at radius 1 is 1.15 bits per heavy atom. The SMILES string of the molecule is COc1cccc(Sc2ccc(N3CCCC(C(=O)NCc4ccc5c(c4)OCO5)C3)nn2)c1. The first-order chi connectivity index (χ1) is 16.7. The third kappa shape index (κ3) is 5.20. The molecule has 2 aliphatic heterocycles. The number of fused-ring (bicyclic) bond motifs is 1. The highest BCUT2D eigenvalue weighted by Crippen LogP contribution is 2.33. The van der Waals surface area contributed by atoms with Gasteiger partial charge in [0.15, 0.2) is 17.3 Å². The smallest absolute Gasteiger partial charge is 0.231 e. The summed E-state index contributed by atoms with van der Waals surface area (Å²) in [5.41, 5.74) is 0.986. The van der Waals surface area contributed by atoms with Crippen molar-refractivity contribution in [1.82, 2.24) is 15.5 Å². The number of benzene rings is 2. The predicted molar refractivity (Wildman–Crippen MR) is 128 cm³/mol. The third-order valence-electron chi connectivity index (χ3n) is 5.91. The molecule has 9 heteroatoms. The molecule has 1 aromatic heterocycles. The Bertz CT molecular complexity index is 1160. The second-order valence-electron chi connectivity index (χ2n) is 8.20. The van der Waals surface area contributed by atoms with Crippen molar-refractivity contribution in [1.29, 1.82) is 0 Å². The van der Waals surface area contributed by atoms with Gasteiger partial charge in [-0.25, -0.2) is 0 Å². The van der Waals surface area contributed by atoms with Crippen LogP contribution < -0.4 is 24.4 Å². The zero-order valence-electron chi connectivity index (χ0n) is 18.9. The monoisotopic (exact) mass is 478 g/mol. The van der Waals surface area contributed by atoms with Crippen LogP contribution in [0.2, 0.25) is 0 Å². The minimum Gasteiger partial charge on any atom is -0.497 e. The number of carbonyl (C=O) groups is 1. The van der Waals surface area contributed by atoms with E-state index in [1.54, 1.807) is 7.11 Å². The molecule has 3 aromatic rings. The quantitative estimate of drug-likeness (QED) is 0.547. The fourth-order valence-corrected chi connectivity index (χ4v) is 4.89. The Morgan fingerprint density at radius 3 is 2.91 bits per heavy atom. The molecule has 3 heterocycles. The van der Waals surface area contributed by atoms with Crippen molar-refractivity contribution in [2.75, 3.05) is 31.9 Å². The third-order valence-corrected chi connectivity index (χ3v) is 6.83. The first kappa shape index (κ1) is 22.3. The van der Waals surface area contributed by atoms with Crippen LogP contribution in [-0.2, 0) is 11.3 Å². The van der Waals surface area contributed by atoms with Crippen LogP contribution in [-0.4, -0.2) is 43.1 Å². The Labute approximate surface area is 202 Å². The number of nitrogens with one attached hydrogen (secondary N) is 1. The molecule has 1 fully saturated rings. The number of ether oxygens (including phenoxy) is 3. The summed E-state index contributed by atoms with van der Waals surface area (Å²) in [5, 5.41) is 12.7. The van der Waals surface area contributed by atoms with Crippen LogP contribution in [0.5, 0.6) is 17.2 Å². The molecule has 5 rings (SSSR count). The van der Waals surface area contributed by atoms with Crippen LogP contribution in [0, 0.1) is 5.92 Å². The van der Waals surface area contributed by atoms with Crippen molar-refractivity contribution in [3.63, 3.8) is 0 Å². The Kier molecular flexibility index (Phi) is 6.71. The van der Waals surface area contributed by atoms with Gasteiger partial charge in [-0.15, -0.1) is 10.2 Å². The number of rotatable bonds is 7. The molecule has 34 heavy (non-hydrogen) atoms. The molecular weight excluding hydrogens is 452 g/mol. The van der Waals surface area contributed by atoms with Crippen molar-refractivity contribution in [2.24, 2.45) is 5.92 Å². The fourth-order valence-electron chi connectivity index (χ4n) is 4.11. The molecule has 0 radical (unpaired) electrons. The lowest BCUT2D eigenvalue weighted by molar-refractivity contribution is -0.125. The average molecular weight is 479 g/mol. The number of amides is 1. The summed E-state index contributed by atoms with van der Waals surface area (Å²) in [5.74, 6) is 3.04. The van der Waals surface area contributed by atoms with Gasteiger partial charge in [-0.1, -0.05) is 23.9 Å². The molecule has 1 saturated heterocycles. The van der Waals surface area contributed by atoms with Crippen LogP contribution in [0.15, 0.2) is 64.5 Å². The summed E-state index contributed by atoms with van der Waals surface area (Å²) in [6, 6.07) is 17.5. The van der Waals surface area contributed by atoms with Crippen LogP contribution in [0.4, 0.5) is 5.82 Å². The van der Waals surface area contributed by atoms with Crippen molar-refractivity contribution in [2.45, 2.75) is 29.3 Å². The van der Waals surface area contributed by atoms with Gasteiger partial charge in [-0.05, 0) is 60.9 Å². The van der Waals surface area contributed by atoms with E-state index in [4.69, 9.17) is 14.2 Å². The topological polar surface area (TPSA) is 85.8 Å². The zero-order valence-corrected chi connectivity index (χ0v) is 19.7. The van der Waals surface area contributed by atoms with Gasteiger partial charge in [0.2, 0.25) is 12.7 Å². The maximum absolute atomic E-state index is 12.8. The van der Waals surface area contributed by atoms with Crippen molar-refractivity contribution >= 4 is 23.5 Å². The molecule has 176 valence electrons. The number of piperidine rings is 1. The molecule has 2 aliphatic rings. The highest BCUT2D eigenvalue weighted by molar-refractivity contribution is 7.99. The van der Waals surface area contributed by atoms with E-state index in [0.717, 1.165) is 57.9 Å². The van der Waals surface area contributed by atoms with Gasteiger partial charge in [0, 0.05) is 24.5 Å². The largest absolute Gasteiger partial charge is 0.497 e. The fraction of sp³-hybridized carbons (Fsp3) is 0.320. The van der Waals surface area contributed by atoms with Crippen LogP contribution in [0.3, 0.4) is 0 Å². The summed E-state index contributed by atoms with van der Waals surface area (Å²) in [4.78, 5) is 16.0. The molecule has 0 aliphatic carbocycles. The summed E-state index contributed by atoms with van der Waals surface area (Å²) in [7, 11) is 1.65. The van der Waals surface area contributed by atoms with E-state index in [9.17, 15) is 4.79 Å². The van der Waals surface area contributed by atoms with E-state index in [0.29, 0.717) is 13.1 Å². The number of methoxy groups -OCH3 is 1. The van der Waals surface area contributed by atoms with Crippen molar-refractivity contribution < 1.29 is 19.0 Å². The van der Waals surface area contributed by atoms with Crippen LogP contribution >= 0.6 is 11.8 Å². The molecule has 0 saturated carbocycles. The van der Waals surface area contributed by atoms with Gasteiger partial charge >= 0.3 is 0 Å². The predicted octanol–water partition coefficient (Wildman–Crippen LogP) is 3.90. The van der Waals surface area contributed by atoms with Gasteiger partial charge in [-0.2, -0.15) is 0 Å². The zero-order chi connectivity index (χ0) is 23.3. The van der Waals surface area contributed by atoms with Gasteiger partial charge in [0.25, 0.3) is 0 Å². The Balaban J connectivity index is 1.16. The molecule has 2 aromatic carbocycles. The molecule has 1 N–H and O–H groups in total. The number of nitrogens with zero attached hydrogens (tertiary/aromatic N) is 3. The lowest BCUT2D eigenvalue weighted by atomic mass is 9.97. The number of aromatic nitrogens is 2. The van der Waals surface area contributed by atoms with Gasteiger partial charge < -0.3 is 24.4 Å². The van der Waals surface area contributed by atoms with Crippen molar-refractivity contribution in [3.05, 3.63) is 60.2 Å². The maximum Gasteiger partial charge on any atom is 0.231 e. The first-order valence-corrected chi connectivity index (χ1v) is 12.1. The van der Waals surface area contributed by atoms with Gasteiger partial charge in [-0.3, -0.25) is 4.79 Å². The highest BCUT2D eigenvalue weighted by Gasteiger charge is 2.27. The van der Waals surface area contributed by atoms with Crippen molar-refractivity contribution in [3.8, 4) is 17.2 Å². The number of hydrogen-bond donors (Lipinski definition) is 1. The second-order valence-corrected chi connectivity index (χ2v) is 9.30. The lowest BCUT2D eigenvalue weighted by Gasteiger charge is -2.32.